The van der Waals surface area contributed by atoms with Gasteiger partial charge in [-0.3, -0.25) is 0 Å². The van der Waals surface area contributed by atoms with Crippen LogP contribution >= 0.6 is 15.9 Å². The third kappa shape index (κ3) is 0.952. The molecular formula is C14H8BrN. The minimum atomic E-state index is 1.12. The molecule has 0 radical (unpaired) electrons. The maximum atomic E-state index is 3.55. The zero-order chi connectivity index (χ0) is 10.7. The Morgan fingerprint density at radius 2 is 1.62 bits per heavy atom. The maximum absolute atomic E-state index is 3.55. The highest BCUT2D eigenvalue weighted by Gasteiger charge is 2.10. The minimum Gasteiger partial charge on any atom is -0.354 e. The average molecular weight is 270 g/mol. The van der Waals surface area contributed by atoms with Crippen LogP contribution in [-0.4, -0.2) is 4.98 Å². The van der Waals surface area contributed by atoms with Gasteiger partial charge in [0.2, 0.25) is 0 Å². The van der Waals surface area contributed by atoms with Crippen molar-refractivity contribution in [3.8, 4) is 0 Å². The van der Waals surface area contributed by atoms with E-state index < -0.39 is 0 Å². The van der Waals surface area contributed by atoms with Crippen LogP contribution in [0.1, 0.15) is 0 Å². The molecule has 0 unspecified atom stereocenters. The molecule has 0 aliphatic carbocycles. The Balaban J connectivity index is 2.48. The molecule has 0 saturated heterocycles. The second-order valence-corrected chi connectivity index (χ2v) is 5.06. The van der Waals surface area contributed by atoms with Crippen molar-refractivity contribution in [2.24, 2.45) is 0 Å². The number of nitrogens with one attached hydrogen (secondary N) is 1. The van der Waals surface area contributed by atoms with Crippen molar-refractivity contribution < 1.29 is 0 Å². The number of hydrogen-bond donors (Lipinski definition) is 1. The second-order valence-electron chi connectivity index (χ2n) is 4.15. The standard InChI is InChI=1S/C14H8BrN/c15-10-6-9-5-4-8-2-1-3-11-13(8)14(9)12(7-10)16-11/h1-7,16H. The van der Waals surface area contributed by atoms with E-state index in [9.17, 15) is 0 Å². The first-order chi connectivity index (χ1) is 7.83. The number of halogens is 1. The van der Waals surface area contributed by atoms with E-state index in [-0.39, 0.29) is 0 Å². The fourth-order valence-electron chi connectivity index (χ4n) is 2.55. The molecule has 4 aromatic rings. The molecule has 2 heteroatoms. The van der Waals surface area contributed by atoms with Crippen molar-refractivity contribution >= 4 is 48.5 Å². The summed E-state index contributed by atoms with van der Waals surface area (Å²) >= 11 is 3.55. The van der Waals surface area contributed by atoms with Crippen LogP contribution in [0.15, 0.2) is 46.9 Å². The van der Waals surface area contributed by atoms with Gasteiger partial charge < -0.3 is 4.98 Å². The monoisotopic (exact) mass is 269 g/mol. The Kier molecular flexibility index (Phi) is 1.49. The van der Waals surface area contributed by atoms with E-state index in [0.717, 1.165) is 4.47 Å². The summed E-state index contributed by atoms with van der Waals surface area (Å²) in [4.78, 5) is 3.47. The molecule has 0 aliphatic rings. The fourth-order valence-corrected chi connectivity index (χ4v) is 3.03. The molecule has 0 atom stereocenters. The third-order valence-electron chi connectivity index (χ3n) is 3.19. The van der Waals surface area contributed by atoms with Gasteiger partial charge in [-0.1, -0.05) is 40.2 Å². The molecule has 0 amide bonds. The summed E-state index contributed by atoms with van der Waals surface area (Å²) in [5, 5.41) is 5.28. The number of aromatic nitrogens is 1. The summed E-state index contributed by atoms with van der Waals surface area (Å²) in [6.45, 7) is 0. The third-order valence-corrected chi connectivity index (χ3v) is 3.65. The van der Waals surface area contributed by atoms with E-state index in [2.05, 4.69) is 63.4 Å². The predicted octanol–water partition coefficient (Wildman–Crippen LogP) is 4.67. The lowest BCUT2D eigenvalue weighted by molar-refractivity contribution is 1.55. The van der Waals surface area contributed by atoms with Crippen LogP contribution in [0.5, 0.6) is 0 Å². The predicted molar refractivity (Wildman–Crippen MR) is 72.2 cm³/mol. The molecule has 0 fully saturated rings. The summed E-state index contributed by atoms with van der Waals surface area (Å²) in [5.74, 6) is 0. The number of H-pyrrole nitrogens is 1. The van der Waals surface area contributed by atoms with Gasteiger partial charge in [-0.05, 0) is 29.0 Å². The lowest BCUT2D eigenvalue weighted by Gasteiger charge is -2.01. The van der Waals surface area contributed by atoms with E-state index in [1.807, 2.05) is 0 Å². The van der Waals surface area contributed by atoms with Gasteiger partial charge in [0, 0.05) is 26.3 Å². The summed E-state index contributed by atoms with van der Waals surface area (Å²) in [5.41, 5.74) is 2.42. The van der Waals surface area contributed by atoms with Crippen molar-refractivity contribution in [1.29, 1.82) is 0 Å². The highest BCUT2D eigenvalue weighted by Crippen LogP contribution is 2.35. The van der Waals surface area contributed by atoms with Gasteiger partial charge in [0.1, 0.15) is 0 Å². The van der Waals surface area contributed by atoms with Crippen LogP contribution in [0, 0.1) is 0 Å². The number of aromatic amines is 1. The molecule has 0 aliphatic heterocycles. The van der Waals surface area contributed by atoms with Gasteiger partial charge in [-0.15, -0.1) is 0 Å². The first kappa shape index (κ1) is 8.59. The molecule has 16 heavy (non-hydrogen) atoms. The largest absolute Gasteiger partial charge is 0.354 e. The first-order valence-corrected chi connectivity index (χ1v) is 6.04. The molecular weight excluding hydrogens is 262 g/mol. The molecule has 3 aromatic carbocycles. The normalized spacial score (nSPS) is 12.1. The van der Waals surface area contributed by atoms with Crippen molar-refractivity contribution in [2.45, 2.75) is 0 Å². The van der Waals surface area contributed by atoms with E-state index in [1.54, 1.807) is 0 Å². The van der Waals surface area contributed by atoms with E-state index >= 15 is 0 Å². The maximum Gasteiger partial charge on any atom is 0.0482 e. The highest BCUT2D eigenvalue weighted by molar-refractivity contribution is 9.10. The number of rotatable bonds is 0. The van der Waals surface area contributed by atoms with Crippen LogP contribution in [0.3, 0.4) is 0 Å². The van der Waals surface area contributed by atoms with E-state index in [1.165, 1.54) is 32.6 Å². The van der Waals surface area contributed by atoms with Gasteiger partial charge in [0.15, 0.2) is 0 Å². The first-order valence-electron chi connectivity index (χ1n) is 5.25. The highest BCUT2D eigenvalue weighted by atomic mass is 79.9. The van der Waals surface area contributed by atoms with Crippen molar-refractivity contribution in [3.05, 3.63) is 46.9 Å². The zero-order valence-electron chi connectivity index (χ0n) is 8.42. The summed E-state index contributed by atoms with van der Waals surface area (Å²) in [6, 6.07) is 15.1. The van der Waals surface area contributed by atoms with Crippen molar-refractivity contribution in [2.75, 3.05) is 0 Å². The Morgan fingerprint density at radius 3 is 2.56 bits per heavy atom. The molecule has 1 aromatic heterocycles. The zero-order valence-corrected chi connectivity index (χ0v) is 10.0. The topological polar surface area (TPSA) is 15.8 Å². The molecule has 1 N–H and O–H groups in total. The van der Waals surface area contributed by atoms with Crippen molar-refractivity contribution in [1.82, 2.24) is 4.98 Å². The molecule has 0 saturated carbocycles. The van der Waals surface area contributed by atoms with Crippen LogP contribution in [0.2, 0.25) is 0 Å². The van der Waals surface area contributed by atoms with Crippen LogP contribution in [0.25, 0.3) is 32.6 Å². The fraction of sp³-hybridized carbons (Fsp3) is 0. The van der Waals surface area contributed by atoms with Crippen molar-refractivity contribution in [3.63, 3.8) is 0 Å². The summed E-state index contributed by atoms with van der Waals surface area (Å²) in [7, 11) is 0. The molecule has 76 valence electrons. The summed E-state index contributed by atoms with van der Waals surface area (Å²) < 4.78 is 1.12. The molecule has 1 heterocycles. The molecule has 4 rings (SSSR count). The Bertz CT molecular complexity index is 813. The van der Waals surface area contributed by atoms with Gasteiger partial charge in [0.25, 0.3) is 0 Å². The Hall–Kier alpha value is -1.54. The number of hydrogen-bond acceptors (Lipinski definition) is 0. The smallest absolute Gasteiger partial charge is 0.0482 e. The van der Waals surface area contributed by atoms with E-state index in [4.69, 9.17) is 0 Å². The van der Waals surface area contributed by atoms with Gasteiger partial charge in [-0.25, -0.2) is 0 Å². The molecule has 1 nitrogen and oxygen atoms in total. The Morgan fingerprint density at radius 1 is 0.812 bits per heavy atom. The van der Waals surface area contributed by atoms with Gasteiger partial charge in [0.05, 0.1) is 0 Å². The van der Waals surface area contributed by atoms with Crippen LogP contribution in [0.4, 0.5) is 0 Å². The van der Waals surface area contributed by atoms with Crippen LogP contribution in [-0.2, 0) is 0 Å². The molecule has 0 spiro atoms. The second kappa shape index (κ2) is 2.77. The van der Waals surface area contributed by atoms with Gasteiger partial charge in [-0.2, -0.15) is 0 Å². The summed E-state index contributed by atoms with van der Waals surface area (Å²) in [6.07, 6.45) is 0. The Labute approximate surface area is 101 Å². The van der Waals surface area contributed by atoms with Gasteiger partial charge >= 0.3 is 0 Å². The quantitative estimate of drug-likeness (QED) is 0.447. The lowest BCUT2D eigenvalue weighted by atomic mass is 10.0. The van der Waals surface area contributed by atoms with E-state index in [0.29, 0.717) is 0 Å². The minimum absolute atomic E-state index is 1.12. The lowest BCUT2D eigenvalue weighted by Crippen LogP contribution is -1.75. The average Bonchev–Trinajstić information content (AvgIpc) is 2.64. The number of benzene rings is 3. The van der Waals surface area contributed by atoms with Crippen LogP contribution < -0.4 is 0 Å². The molecule has 0 bridgehead atoms. The SMILES string of the molecule is Brc1cc2ccc3cccc4[nH]c(c1)c2c34.